The van der Waals surface area contributed by atoms with Crippen LogP contribution < -0.4 is 10.5 Å². The molecule has 2 atom stereocenters. The summed E-state index contributed by atoms with van der Waals surface area (Å²) in [6.45, 7) is 9.91. The quantitative estimate of drug-likeness (QED) is 0.481. The second-order valence-electron chi connectivity index (χ2n) is 8.73. The SMILES string of the molecule is CCn1c(N2CC(C)CC(C)C2)c(C=C2SC(=S)N(CCC(=O)O)C2=O)c(C)c(C#N)c1=O. The van der Waals surface area contributed by atoms with Gasteiger partial charge in [0.25, 0.3) is 11.5 Å². The van der Waals surface area contributed by atoms with Crippen LogP contribution in [0.4, 0.5) is 5.82 Å². The first-order chi connectivity index (χ1) is 15.6. The van der Waals surface area contributed by atoms with Crippen molar-refractivity contribution < 1.29 is 14.7 Å². The van der Waals surface area contributed by atoms with Crippen LogP contribution in [0.3, 0.4) is 0 Å². The topological polar surface area (TPSA) is 107 Å². The minimum atomic E-state index is -1.01. The summed E-state index contributed by atoms with van der Waals surface area (Å²) in [4.78, 5) is 40.9. The third-order valence-electron chi connectivity index (χ3n) is 6.03. The molecule has 33 heavy (non-hydrogen) atoms. The summed E-state index contributed by atoms with van der Waals surface area (Å²) in [6, 6.07) is 2.04. The third kappa shape index (κ3) is 4.99. The largest absolute Gasteiger partial charge is 0.481 e. The number of carbonyl (C=O) groups excluding carboxylic acids is 1. The zero-order valence-corrected chi connectivity index (χ0v) is 20.9. The number of aliphatic carboxylic acids is 1. The standard InChI is InChI=1S/C23H28N4O4S2/c1-5-26-20(25-11-13(2)8-14(3)12-25)16(15(4)17(10-24)21(26)30)9-18-22(31)27(23(32)33-18)7-6-19(28)29/h9,13-14H,5-8,11-12H2,1-4H3,(H,28,29). The number of hydrogen-bond acceptors (Lipinski definition) is 7. The average molecular weight is 489 g/mol. The van der Waals surface area contributed by atoms with Crippen molar-refractivity contribution in [2.75, 3.05) is 24.5 Å². The number of rotatable bonds is 6. The van der Waals surface area contributed by atoms with Crippen molar-refractivity contribution in [1.29, 1.82) is 5.26 Å². The van der Waals surface area contributed by atoms with E-state index in [0.29, 0.717) is 44.6 Å². The van der Waals surface area contributed by atoms with Gasteiger partial charge in [0, 0.05) is 31.7 Å². The molecule has 1 aromatic rings. The highest BCUT2D eigenvalue weighted by atomic mass is 32.2. The summed E-state index contributed by atoms with van der Waals surface area (Å²) < 4.78 is 1.92. The van der Waals surface area contributed by atoms with Crippen LogP contribution in [0.15, 0.2) is 9.70 Å². The van der Waals surface area contributed by atoms with E-state index in [9.17, 15) is 19.6 Å². The summed E-state index contributed by atoms with van der Waals surface area (Å²) in [5.74, 6) is 0.227. The Balaban J connectivity index is 2.17. The molecule has 1 N–H and O–H groups in total. The fourth-order valence-electron chi connectivity index (χ4n) is 4.65. The molecule has 0 spiro atoms. The van der Waals surface area contributed by atoms with Crippen molar-refractivity contribution >= 4 is 52.1 Å². The molecular formula is C23H28N4O4S2. The van der Waals surface area contributed by atoms with Crippen LogP contribution >= 0.6 is 24.0 Å². The minimum absolute atomic E-state index is 0.00222. The number of amides is 1. The number of pyridine rings is 1. The summed E-state index contributed by atoms with van der Waals surface area (Å²) >= 11 is 6.43. The molecule has 8 nitrogen and oxygen atoms in total. The van der Waals surface area contributed by atoms with Crippen LogP contribution in [0.25, 0.3) is 6.08 Å². The Kier molecular flexibility index (Phi) is 7.65. The minimum Gasteiger partial charge on any atom is -0.481 e. The van der Waals surface area contributed by atoms with Crippen molar-refractivity contribution in [3.63, 3.8) is 0 Å². The van der Waals surface area contributed by atoms with Crippen LogP contribution in [0.5, 0.6) is 0 Å². The Labute approximate surface area is 202 Å². The van der Waals surface area contributed by atoms with E-state index in [1.165, 1.54) is 4.90 Å². The Morgan fingerprint density at radius 2 is 1.94 bits per heavy atom. The van der Waals surface area contributed by atoms with Gasteiger partial charge in [0.05, 0.1) is 11.3 Å². The van der Waals surface area contributed by atoms with Gasteiger partial charge in [0.15, 0.2) is 0 Å². The highest BCUT2D eigenvalue weighted by Gasteiger charge is 2.34. The van der Waals surface area contributed by atoms with E-state index in [4.69, 9.17) is 17.3 Å². The monoisotopic (exact) mass is 488 g/mol. The number of carbonyl (C=O) groups is 2. The van der Waals surface area contributed by atoms with E-state index < -0.39 is 5.97 Å². The number of anilines is 1. The van der Waals surface area contributed by atoms with Gasteiger partial charge in [-0.2, -0.15) is 5.26 Å². The molecule has 3 rings (SSSR count). The number of thioether (sulfide) groups is 1. The van der Waals surface area contributed by atoms with E-state index in [-0.39, 0.29) is 30.0 Å². The van der Waals surface area contributed by atoms with Crippen LogP contribution in [0.1, 0.15) is 50.3 Å². The zero-order chi connectivity index (χ0) is 24.4. The van der Waals surface area contributed by atoms with Crippen molar-refractivity contribution in [3.8, 4) is 6.07 Å². The Morgan fingerprint density at radius 3 is 2.48 bits per heavy atom. The van der Waals surface area contributed by atoms with Gasteiger partial charge in [-0.05, 0) is 43.7 Å². The lowest BCUT2D eigenvalue weighted by molar-refractivity contribution is -0.137. The lowest BCUT2D eigenvalue weighted by atomic mass is 9.91. The second-order valence-corrected chi connectivity index (χ2v) is 10.4. The first kappa shape index (κ1) is 25.0. The van der Waals surface area contributed by atoms with Crippen LogP contribution in [-0.4, -0.2) is 50.4 Å². The molecule has 2 fully saturated rings. The molecule has 2 aliphatic heterocycles. The van der Waals surface area contributed by atoms with Gasteiger partial charge in [-0.1, -0.05) is 37.8 Å². The van der Waals surface area contributed by atoms with Crippen LogP contribution in [-0.2, 0) is 16.1 Å². The van der Waals surface area contributed by atoms with Gasteiger partial charge in [0.2, 0.25) is 0 Å². The lowest BCUT2D eigenvalue weighted by Crippen LogP contribution is -2.42. The molecule has 10 heteroatoms. The molecule has 0 bridgehead atoms. The molecule has 2 saturated heterocycles. The van der Waals surface area contributed by atoms with Crippen molar-refractivity contribution in [3.05, 3.63) is 31.9 Å². The van der Waals surface area contributed by atoms with Crippen molar-refractivity contribution in [2.45, 2.75) is 47.1 Å². The van der Waals surface area contributed by atoms with E-state index >= 15 is 0 Å². The van der Waals surface area contributed by atoms with E-state index in [1.807, 2.05) is 13.0 Å². The second kappa shape index (κ2) is 10.1. The summed E-state index contributed by atoms with van der Waals surface area (Å²) in [6.07, 6.45) is 2.60. The van der Waals surface area contributed by atoms with Gasteiger partial charge in [-0.3, -0.25) is 23.9 Å². The molecule has 2 aliphatic rings. The van der Waals surface area contributed by atoms with Gasteiger partial charge in [-0.25, -0.2) is 0 Å². The van der Waals surface area contributed by atoms with Gasteiger partial charge >= 0.3 is 5.97 Å². The first-order valence-electron chi connectivity index (χ1n) is 11.0. The van der Waals surface area contributed by atoms with Crippen molar-refractivity contribution in [1.82, 2.24) is 9.47 Å². The van der Waals surface area contributed by atoms with Crippen LogP contribution in [0, 0.1) is 30.1 Å². The first-order valence-corrected chi connectivity index (χ1v) is 12.2. The fourth-order valence-corrected chi connectivity index (χ4v) is 5.94. The number of thiocarbonyl (C=S) groups is 1. The van der Waals surface area contributed by atoms with E-state index in [1.54, 1.807) is 17.6 Å². The summed E-state index contributed by atoms with van der Waals surface area (Å²) in [5.41, 5.74) is 0.924. The molecule has 0 aliphatic carbocycles. The molecular weight excluding hydrogens is 460 g/mol. The average Bonchev–Trinajstić information content (AvgIpc) is 3.00. The van der Waals surface area contributed by atoms with Gasteiger partial charge in [0.1, 0.15) is 21.8 Å². The molecule has 2 unspecified atom stereocenters. The Morgan fingerprint density at radius 1 is 1.30 bits per heavy atom. The summed E-state index contributed by atoms with van der Waals surface area (Å²) in [7, 11) is 0. The maximum atomic E-state index is 13.1. The Bertz CT molecular complexity index is 1120. The van der Waals surface area contributed by atoms with Crippen molar-refractivity contribution in [2.24, 2.45) is 11.8 Å². The van der Waals surface area contributed by atoms with E-state index in [0.717, 1.165) is 31.3 Å². The normalized spacial score (nSPS) is 22.2. The highest BCUT2D eigenvalue weighted by Crippen LogP contribution is 2.37. The number of piperidine rings is 1. The third-order valence-corrected chi connectivity index (χ3v) is 7.41. The Hall–Kier alpha value is -2.64. The fraction of sp³-hybridized carbons (Fsp3) is 0.522. The number of nitriles is 1. The highest BCUT2D eigenvalue weighted by molar-refractivity contribution is 8.26. The maximum absolute atomic E-state index is 13.1. The molecule has 176 valence electrons. The predicted octanol–water partition coefficient (Wildman–Crippen LogP) is 3.21. The van der Waals surface area contributed by atoms with Crippen LogP contribution in [0.2, 0.25) is 0 Å². The number of aromatic nitrogens is 1. The number of hydrogen-bond donors (Lipinski definition) is 1. The van der Waals surface area contributed by atoms with Gasteiger partial charge < -0.3 is 10.0 Å². The summed E-state index contributed by atoms with van der Waals surface area (Å²) in [5, 5.41) is 18.7. The molecule has 1 aromatic heterocycles. The molecule has 3 heterocycles. The maximum Gasteiger partial charge on any atom is 0.305 e. The smallest absolute Gasteiger partial charge is 0.305 e. The molecule has 0 saturated carbocycles. The lowest BCUT2D eigenvalue weighted by Gasteiger charge is -2.38. The number of carboxylic acids is 1. The molecule has 1 amide bonds. The molecule has 0 aromatic carbocycles. The zero-order valence-electron chi connectivity index (χ0n) is 19.3. The molecule has 0 radical (unpaired) electrons. The predicted molar refractivity (Wildman–Crippen MR) is 133 cm³/mol. The van der Waals surface area contributed by atoms with E-state index in [2.05, 4.69) is 18.7 Å². The number of nitrogens with zero attached hydrogens (tertiary/aromatic N) is 4. The number of carboxylic acid groups (broad SMARTS) is 1. The van der Waals surface area contributed by atoms with Gasteiger partial charge in [-0.15, -0.1) is 0 Å².